The third-order valence-electron chi connectivity index (χ3n) is 3.14. The van der Waals surface area contributed by atoms with E-state index in [9.17, 15) is 4.79 Å². The molecule has 1 N–H and O–H groups in total. The van der Waals surface area contributed by atoms with E-state index in [4.69, 9.17) is 10.1 Å². The molecule has 20 heavy (non-hydrogen) atoms. The number of carbonyl (C=O) groups excluding carboxylic acids is 1. The zero-order valence-electron chi connectivity index (χ0n) is 11.4. The van der Waals surface area contributed by atoms with Crippen LogP contribution < -0.4 is 5.32 Å². The molecular weight excluding hydrogens is 254 g/mol. The number of amides is 1. The highest BCUT2D eigenvalue weighted by Gasteiger charge is 2.28. The third kappa shape index (κ3) is 3.35. The van der Waals surface area contributed by atoms with E-state index >= 15 is 0 Å². The van der Waals surface area contributed by atoms with E-state index in [0.29, 0.717) is 18.6 Å². The Balaban J connectivity index is 1.92. The summed E-state index contributed by atoms with van der Waals surface area (Å²) in [5.41, 5.74) is 1.33. The molecule has 1 aromatic carbocycles. The molecule has 0 spiro atoms. The van der Waals surface area contributed by atoms with Crippen LogP contribution in [0.15, 0.2) is 35.5 Å². The van der Waals surface area contributed by atoms with Gasteiger partial charge in [0.1, 0.15) is 11.8 Å². The lowest BCUT2D eigenvalue weighted by molar-refractivity contribution is -0.115. The van der Waals surface area contributed by atoms with Crippen LogP contribution in [0, 0.1) is 11.3 Å². The van der Waals surface area contributed by atoms with Crippen LogP contribution in [0.25, 0.3) is 0 Å². The van der Waals surface area contributed by atoms with Gasteiger partial charge in [0.25, 0.3) is 5.91 Å². The number of nitrogens with one attached hydrogen (secondary N) is 1. The Labute approximate surface area is 118 Å². The van der Waals surface area contributed by atoms with Crippen LogP contribution in [0.3, 0.4) is 0 Å². The van der Waals surface area contributed by atoms with E-state index in [0.717, 1.165) is 12.0 Å². The Bertz CT molecular complexity index is 534. The molecule has 104 valence electrons. The highest BCUT2D eigenvalue weighted by Crippen LogP contribution is 2.26. The second-order valence-electron chi connectivity index (χ2n) is 4.69. The average molecular weight is 271 g/mol. The summed E-state index contributed by atoms with van der Waals surface area (Å²) >= 11 is 0. The molecule has 0 fully saturated rings. The van der Waals surface area contributed by atoms with E-state index < -0.39 is 6.04 Å². The number of oxime groups is 1. The predicted octanol–water partition coefficient (Wildman–Crippen LogP) is 2.31. The van der Waals surface area contributed by atoms with Crippen molar-refractivity contribution in [1.29, 1.82) is 5.26 Å². The molecular formula is C15H17N3O2. The molecule has 1 heterocycles. The number of benzene rings is 1. The molecule has 5 nitrogen and oxygen atoms in total. The highest BCUT2D eigenvalue weighted by atomic mass is 16.6. The molecule has 2 rings (SSSR count). The van der Waals surface area contributed by atoms with Crippen molar-refractivity contribution in [3.8, 4) is 6.07 Å². The maximum atomic E-state index is 12.0. The van der Waals surface area contributed by atoms with Gasteiger partial charge in [-0.1, -0.05) is 48.8 Å². The lowest BCUT2D eigenvalue weighted by Crippen LogP contribution is -2.38. The standard InChI is InChI=1S/C15H17N3O2/c1-2-6-12(10-16)17-15(19)13-9-14(20-18-13)11-7-4-3-5-8-11/h3-5,7-8,12,14H,2,6,9H2,1H3,(H,17,19)/t12-,14-/m0/s1. The maximum absolute atomic E-state index is 12.0. The summed E-state index contributed by atoms with van der Waals surface area (Å²) in [6.45, 7) is 1.97. The summed E-state index contributed by atoms with van der Waals surface area (Å²) in [7, 11) is 0. The van der Waals surface area contributed by atoms with Gasteiger partial charge >= 0.3 is 0 Å². The summed E-state index contributed by atoms with van der Waals surface area (Å²) in [5, 5.41) is 15.4. The molecule has 0 saturated heterocycles. The molecule has 0 aromatic heterocycles. The molecule has 5 heteroatoms. The van der Waals surface area contributed by atoms with Crippen LogP contribution in [0.5, 0.6) is 0 Å². The number of nitrogens with zero attached hydrogens (tertiary/aromatic N) is 2. The van der Waals surface area contributed by atoms with E-state index in [1.54, 1.807) is 0 Å². The van der Waals surface area contributed by atoms with Gasteiger partial charge in [-0.05, 0) is 12.0 Å². The minimum atomic E-state index is -0.467. The maximum Gasteiger partial charge on any atom is 0.270 e. The fraction of sp³-hybridized carbons (Fsp3) is 0.400. The summed E-state index contributed by atoms with van der Waals surface area (Å²) in [5.74, 6) is -0.316. The smallest absolute Gasteiger partial charge is 0.270 e. The van der Waals surface area contributed by atoms with Crippen molar-refractivity contribution in [1.82, 2.24) is 5.32 Å². The summed E-state index contributed by atoms with van der Waals surface area (Å²) in [6, 6.07) is 11.3. The Morgan fingerprint density at radius 2 is 2.30 bits per heavy atom. The van der Waals surface area contributed by atoms with Gasteiger partial charge in [0.2, 0.25) is 0 Å². The third-order valence-corrected chi connectivity index (χ3v) is 3.14. The first-order valence-electron chi connectivity index (χ1n) is 6.72. The van der Waals surface area contributed by atoms with Crippen LogP contribution in [-0.4, -0.2) is 17.7 Å². The van der Waals surface area contributed by atoms with E-state index in [1.165, 1.54) is 0 Å². The molecule has 0 saturated carbocycles. The minimum Gasteiger partial charge on any atom is -0.387 e. The fourth-order valence-electron chi connectivity index (χ4n) is 2.06. The molecule has 1 amide bonds. The van der Waals surface area contributed by atoms with E-state index in [-0.39, 0.29) is 12.0 Å². The molecule has 1 aromatic rings. The lowest BCUT2D eigenvalue weighted by atomic mass is 10.0. The first kappa shape index (κ1) is 14.1. The molecule has 0 radical (unpaired) electrons. The fourth-order valence-corrected chi connectivity index (χ4v) is 2.06. The second kappa shape index (κ2) is 6.71. The van der Waals surface area contributed by atoms with Crippen LogP contribution in [-0.2, 0) is 9.63 Å². The summed E-state index contributed by atoms with van der Waals surface area (Å²) < 4.78 is 0. The number of nitriles is 1. The van der Waals surface area contributed by atoms with Crippen molar-refractivity contribution in [3.05, 3.63) is 35.9 Å². The van der Waals surface area contributed by atoms with Gasteiger partial charge < -0.3 is 10.2 Å². The van der Waals surface area contributed by atoms with E-state index in [2.05, 4.69) is 16.5 Å². The molecule has 1 aliphatic heterocycles. The molecule has 2 atom stereocenters. The monoisotopic (exact) mass is 271 g/mol. The van der Waals surface area contributed by atoms with Crippen LogP contribution >= 0.6 is 0 Å². The van der Waals surface area contributed by atoms with Gasteiger partial charge in [-0.15, -0.1) is 0 Å². The predicted molar refractivity (Wildman–Crippen MR) is 74.8 cm³/mol. The lowest BCUT2D eigenvalue weighted by Gasteiger charge is -2.10. The van der Waals surface area contributed by atoms with Gasteiger partial charge in [0, 0.05) is 6.42 Å². The largest absolute Gasteiger partial charge is 0.387 e. The molecule has 1 aliphatic rings. The highest BCUT2D eigenvalue weighted by molar-refractivity contribution is 6.39. The minimum absolute atomic E-state index is 0.219. The first-order valence-corrected chi connectivity index (χ1v) is 6.72. The number of carbonyl (C=O) groups is 1. The number of rotatable bonds is 5. The topological polar surface area (TPSA) is 74.5 Å². The van der Waals surface area contributed by atoms with Gasteiger partial charge in [0.05, 0.1) is 6.07 Å². The van der Waals surface area contributed by atoms with Crippen molar-refractivity contribution < 1.29 is 9.63 Å². The Morgan fingerprint density at radius 3 is 2.95 bits per heavy atom. The second-order valence-corrected chi connectivity index (χ2v) is 4.69. The summed E-state index contributed by atoms with van der Waals surface area (Å²) in [4.78, 5) is 17.3. The normalized spacial score (nSPS) is 18.6. The van der Waals surface area contributed by atoms with E-state index in [1.807, 2.05) is 37.3 Å². The first-order chi connectivity index (χ1) is 9.74. The average Bonchev–Trinajstić information content (AvgIpc) is 2.97. The van der Waals surface area contributed by atoms with Crippen LogP contribution in [0.1, 0.15) is 37.9 Å². The van der Waals surface area contributed by atoms with Gasteiger partial charge in [-0.3, -0.25) is 4.79 Å². The molecule has 0 bridgehead atoms. The number of hydrogen-bond acceptors (Lipinski definition) is 4. The van der Waals surface area contributed by atoms with Gasteiger partial charge in [0.15, 0.2) is 6.10 Å². The Kier molecular flexibility index (Phi) is 4.72. The van der Waals surface area contributed by atoms with Crippen LogP contribution in [0.2, 0.25) is 0 Å². The zero-order valence-corrected chi connectivity index (χ0v) is 11.4. The number of hydrogen-bond donors (Lipinski definition) is 1. The van der Waals surface area contributed by atoms with Gasteiger partial charge in [-0.2, -0.15) is 5.26 Å². The van der Waals surface area contributed by atoms with Crippen molar-refractivity contribution in [3.63, 3.8) is 0 Å². The van der Waals surface area contributed by atoms with Crippen molar-refractivity contribution in [2.75, 3.05) is 0 Å². The Morgan fingerprint density at radius 1 is 1.55 bits per heavy atom. The van der Waals surface area contributed by atoms with Gasteiger partial charge in [-0.25, -0.2) is 0 Å². The Hall–Kier alpha value is -2.35. The van der Waals surface area contributed by atoms with Crippen molar-refractivity contribution >= 4 is 11.6 Å². The van der Waals surface area contributed by atoms with Crippen LogP contribution in [0.4, 0.5) is 0 Å². The zero-order chi connectivity index (χ0) is 14.4. The molecule has 0 unspecified atom stereocenters. The quantitative estimate of drug-likeness (QED) is 0.893. The SMILES string of the molecule is CCC[C@@H](C#N)NC(=O)C1=NO[C@H](c2ccccc2)C1. The summed E-state index contributed by atoms with van der Waals surface area (Å²) in [6.07, 6.45) is 1.69. The van der Waals surface area contributed by atoms with Crippen molar-refractivity contribution in [2.45, 2.75) is 38.3 Å². The van der Waals surface area contributed by atoms with Crippen molar-refractivity contribution in [2.24, 2.45) is 5.16 Å². The molecule has 0 aliphatic carbocycles.